The normalized spacial score (nSPS) is 11.9. The fraction of sp³-hybridized carbons (Fsp3) is 0.286. The van der Waals surface area contributed by atoms with E-state index in [0.717, 1.165) is 5.56 Å². The van der Waals surface area contributed by atoms with Crippen LogP contribution in [0.3, 0.4) is 0 Å². The second-order valence-electron chi connectivity index (χ2n) is 4.57. The topological polar surface area (TPSA) is 76.3 Å². The average Bonchev–Trinajstić information content (AvgIpc) is 2.52. The minimum atomic E-state index is 0.0538. The Morgan fingerprint density at radius 2 is 2.14 bits per heavy atom. The van der Waals surface area contributed by atoms with Gasteiger partial charge in [-0.05, 0) is 24.6 Å². The summed E-state index contributed by atoms with van der Waals surface area (Å²) in [5.41, 5.74) is 3.58. The number of nitrogen functional groups attached to an aromatic ring is 1. The van der Waals surface area contributed by atoms with Gasteiger partial charge in [0.1, 0.15) is 6.33 Å². The molecule has 0 bridgehead atoms. The van der Waals surface area contributed by atoms with Crippen molar-refractivity contribution >= 4 is 23.2 Å². The molecule has 0 amide bonds. The third kappa shape index (κ3) is 3.17. The highest BCUT2D eigenvalue weighted by molar-refractivity contribution is 6.30. The summed E-state index contributed by atoms with van der Waals surface area (Å²) in [6.07, 6.45) is 1.44. The van der Waals surface area contributed by atoms with Crippen molar-refractivity contribution in [2.75, 3.05) is 24.5 Å². The Morgan fingerprint density at radius 1 is 1.38 bits per heavy atom. The van der Waals surface area contributed by atoms with Crippen LogP contribution in [0.15, 0.2) is 30.6 Å². The Balaban J connectivity index is 2.37. The number of hydrazine groups is 1. The molecule has 0 spiro atoms. The predicted molar refractivity (Wildman–Crippen MR) is 84.7 cm³/mol. The van der Waals surface area contributed by atoms with Gasteiger partial charge in [-0.1, -0.05) is 23.7 Å². The molecule has 0 aliphatic rings. The Bertz CT molecular complexity index is 622. The number of hydrogen-bond acceptors (Lipinski definition) is 6. The Labute approximate surface area is 128 Å². The van der Waals surface area contributed by atoms with E-state index in [4.69, 9.17) is 22.2 Å². The number of aromatic nitrogens is 2. The van der Waals surface area contributed by atoms with Gasteiger partial charge in [0.2, 0.25) is 5.75 Å². The summed E-state index contributed by atoms with van der Waals surface area (Å²) in [4.78, 5) is 10.3. The molecule has 1 unspecified atom stereocenters. The molecule has 112 valence electrons. The Morgan fingerprint density at radius 3 is 2.76 bits per heavy atom. The van der Waals surface area contributed by atoms with E-state index < -0.39 is 0 Å². The van der Waals surface area contributed by atoms with E-state index in [-0.39, 0.29) is 6.04 Å². The average molecular weight is 308 g/mol. The Hall–Kier alpha value is -2.05. The molecule has 0 fully saturated rings. The summed E-state index contributed by atoms with van der Waals surface area (Å²) in [5.74, 6) is 7.03. The van der Waals surface area contributed by atoms with Crippen LogP contribution < -0.4 is 20.9 Å². The summed E-state index contributed by atoms with van der Waals surface area (Å²) in [7, 11) is 3.48. The number of anilines is 2. The number of halogens is 1. The van der Waals surface area contributed by atoms with Crippen LogP contribution in [0.1, 0.15) is 18.5 Å². The van der Waals surface area contributed by atoms with Crippen LogP contribution >= 0.6 is 11.6 Å². The smallest absolute Gasteiger partial charge is 0.205 e. The van der Waals surface area contributed by atoms with Crippen LogP contribution in [0.2, 0.25) is 5.02 Å². The predicted octanol–water partition coefficient (Wildman–Crippen LogP) is 2.62. The highest BCUT2D eigenvalue weighted by Gasteiger charge is 2.20. The first-order valence-electron chi connectivity index (χ1n) is 6.42. The minimum absolute atomic E-state index is 0.0538. The number of rotatable bonds is 5. The molecule has 1 aromatic heterocycles. The lowest BCUT2D eigenvalue weighted by Gasteiger charge is -2.28. The van der Waals surface area contributed by atoms with Gasteiger partial charge in [-0.3, -0.25) is 0 Å². The van der Waals surface area contributed by atoms with Crippen LogP contribution in [0.25, 0.3) is 0 Å². The van der Waals surface area contributed by atoms with Crippen molar-refractivity contribution in [1.82, 2.24) is 9.97 Å². The molecule has 0 aliphatic carbocycles. The van der Waals surface area contributed by atoms with E-state index in [1.165, 1.54) is 6.33 Å². The molecular formula is C14H18ClN5O. The van der Waals surface area contributed by atoms with Crippen molar-refractivity contribution in [2.45, 2.75) is 13.0 Å². The monoisotopic (exact) mass is 307 g/mol. The zero-order valence-corrected chi connectivity index (χ0v) is 12.9. The number of hydrogen-bond donors (Lipinski definition) is 2. The second-order valence-corrected chi connectivity index (χ2v) is 5.00. The summed E-state index contributed by atoms with van der Waals surface area (Å²) in [5, 5.41) is 0.701. The summed E-state index contributed by atoms with van der Waals surface area (Å²) in [6.45, 7) is 2.06. The molecule has 0 saturated carbocycles. The maximum absolute atomic E-state index is 6.05. The number of benzene rings is 1. The van der Waals surface area contributed by atoms with Crippen molar-refractivity contribution < 1.29 is 4.74 Å². The fourth-order valence-electron chi connectivity index (χ4n) is 2.08. The van der Waals surface area contributed by atoms with Crippen molar-refractivity contribution in [2.24, 2.45) is 5.84 Å². The highest BCUT2D eigenvalue weighted by Crippen LogP contribution is 2.35. The summed E-state index contributed by atoms with van der Waals surface area (Å²) in [6, 6.07) is 7.77. The zero-order valence-electron chi connectivity index (χ0n) is 12.2. The van der Waals surface area contributed by atoms with Gasteiger partial charge in [0.15, 0.2) is 11.6 Å². The molecule has 3 N–H and O–H groups in total. The molecule has 6 nitrogen and oxygen atoms in total. The van der Waals surface area contributed by atoms with Crippen molar-refractivity contribution in [3.8, 4) is 5.75 Å². The van der Waals surface area contributed by atoms with Crippen LogP contribution in [0.5, 0.6) is 5.75 Å². The molecular weight excluding hydrogens is 290 g/mol. The number of nitrogens with zero attached hydrogens (tertiary/aromatic N) is 3. The molecule has 2 aromatic rings. The van der Waals surface area contributed by atoms with Crippen LogP contribution in [0.4, 0.5) is 11.6 Å². The first-order chi connectivity index (χ1) is 10.1. The number of nitrogens with two attached hydrogens (primary N) is 1. The van der Waals surface area contributed by atoms with Crippen molar-refractivity contribution in [3.63, 3.8) is 0 Å². The largest absolute Gasteiger partial charge is 0.490 e. The molecule has 7 heteroatoms. The van der Waals surface area contributed by atoms with E-state index in [1.807, 2.05) is 36.2 Å². The molecule has 2 rings (SSSR count). The Kier molecular flexibility index (Phi) is 4.82. The molecule has 1 atom stereocenters. The highest BCUT2D eigenvalue weighted by atomic mass is 35.5. The fourth-order valence-corrected chi connectivity index (χ4v) is 2.28. The van der Waals surface area contributed by atoms with Gasteiger partial charge in [-0.15, -0.1) is 0 Å². The maximum Gasteiger partial charge on any atom is 0.205 e. The second kappa shape index (κ2) is 6.60. The van der Waals surface area contributed by atoms with Crippen LogP contribution in [-0.4, -0.2) is 24.1 Å². The molecule has 0 radical (unpaired) electrons. The zero-order chi connectivity index (χ0) is 15.4. The van der Waals surface area contributed by atoms with Crippen molar-refractivity contribution in [3.05, 3.63) is 41.2 Å². The molecule has 21 heavy (non-hydrogen) atoms. The first kappa shape index (κ1) is 15.3. The quantitative estimate of drug-likeness (QED) is 0.653. The van der Waals surface area contributed by atoms with E-state index in [1.54, 1.807) is 7.11 Å². The molecule has 1 aromatic carbocycles. The third-order valence-electron chi connectivity index (χ3n) is 3.37. The third-order valence-corrected chi connectivity index (χ3v) is 3.61. The van der Waals surface area contributed by atoms with Gasteiger partial charge in [-0.2, -0.15) is 0 Å². The number of methoxy groups -OCH3 is 1. The van der Waals surface area contributed by atoms with Crippen LogP contribution in [0, 0.1) is 0 Å². The van der Waals surface area contributed by atoms with E-state index >= 15 is 0 Å². The maximum atomic E-state index is 6.05. The molecule has 0 aliphatic heterocycles. The standard InChI is InChI=1S/C14H18ClN5O/c1-9(10-5-4-6-11(15)7-10)20(2)14-12(21-3)13(19-16)17-8-18-14/h4-9H,16H2,1-3H3,(H,17,18,19). The van der Waals surface area contributed by atoms with Gasteiger partial charge in [0.25, 0.3) is 0 Å². The van der Waals surface area contributed by atoms with Gasteiger partial charge in [-0.25, -0.2) is 15.8 Å². The molecule has 1 heterocycles. The number of nitrogens with one attached hydrogen (secondary N) is 1. The van der Waals surface area contributed by atoms with E-state index in [2.05, 4.69) is 22.3 Å². The van der Waals surface area contributed by atoms with Crippen molar-refractivity contribution in [1.29, 1.82) is 0 Å². The minimum Gasteiger partial charge on any atom is -0.490 e. The summed E-state index contributed by atoms with van der Waals surface area (Å²) < 4.78 is 5.36. The van der Waals surface area contributed by atoms with Gasteiger partial charge in [0.05, 0.1) is 13.2 Å². The SMILES string of the molecule is COc1c(NN)ncnc1N(C)C(C)c1cccc(Cl)c1. The molecule has 0 saturated heterocycles. The first-order valence-corrected chi connectivity index (χ1v) is 6.80. The van der Waals surface area contributed by atoms with Crippen LogP contribution in [-0.2, 0) is 0 Å². The van der Waals surface area contributed by atoms with E-state index in [9.17, 15) is 0 Å². The van der Waals surface area contributed by atoms with Gasteiger partial charge >= 0.3 is 0 Å². The van der Waals surface area contributed by atoms with E-state index in [0.29, 0.717) is 22.4 Å². The van der Waals surface area contributed by atoms with Gasteiger partial charge < -0.3 is 15.1 Å². The lowest BCUT2D eigenvalue weighted by atomic mass is 10.1. The lowest BCUT2D eigenvalue weighted by Crippen LogP contribution is -2.24. The number of ether oxygens (including phenoxy) is 1. The lowest BCUT2D eigenvalue weighted by molar-refractivity contribution is 0.411. The van der Waals surface area contributed by atoms with Gasteiger partial charge in [0, 0.05) is 12.1 Å². The summed E-state index contributed by atoms with van der Waals surface area (Å²) >= 11 is 6.05.